The van der Waals surface area contributed by atoms with Crippen LogP contribution in [0.4, 0.5) is 0 Å². The molecule has 0 bridgehead atoms. The van der Waals surface area contributed by atoms with E-state index < -0.39 is 10.0 Å². The molecule has 0 saturated heterocycles. The van der Waals surface area contributed by atoms with E-state index in [0.29, 0.717) is 11.3 Å². The second kappa shape index (κ2) is 9.05. The van der Waals surface area contributed by atoms with Crippen LogP contribution in [0.15, 0.2) is 39.6 Å². The molecule has 1 aromatic heterocycles. The molecule has 0 radical (unpaired) electrons. The Bertz CT molecular complexity index is 982. The summed E-state index contributed by atoms with van der Waals surface area (Å²) in [5.74, 6) is -0.145. The van der Waals surface area contributed by atoms with Gasteiger partial charge in [-0.1, -0.05) is 52.3 Å². The smallest absolute Gasteiger partial charge is 0.285 e. The molecule has 8 heteroatoms. The van der Waals surface area contributed by atoms with Crippen molar-refractivity contribution in [2.45, 2.75) is 64.3 Å². The Kier molecular flexibility index (Phi) is 7.22. The van der Waals surface area contributed by atoms with Crippen molar-refractivity contribution in [1.82, 2.24) is 9.88 Å². The molecule has 0 saturated carbocycles. The van der Waals surface area contributed by atoms with Crippen LogP contribution in [0, 0.1) is 6.92 Å². The molecular formula is C20H29N3O3S2. The van der Waals surface area contributed by atoms with Gasteiger partial charge in [0, 0.05) is 17.1 Å². The number of carbonyl (C=O) groups excluding carboxylic acids is 1. The van der Waals surface area contributed by atoms with E-state index in [1.54, 1.807) is 22.8 Å². The first-order valence-corrected chi connectivity index (χ1v) is 11.7. The largest absolute Gasteiger partial charge is 0.355 e. The molecule has 28 heavy (non-hydrogen) atoms. The standard InChI is InChI=1S/C20H29N3O3S2/c1-6-7-13-21-17(24)14-23-15(2)18(20(3,4)5)27-19(23)22-28(25,26)16-11-9-8-10-12-16/h8-12H,6-7,13-14H2,1-5H3,(H,21,24). The molecule has 1 amide bonds. The van der Waals surface area contributed by atoms with E-state index >= 15 is 0 Å². The maximum Gasteiger partial charge on any atom is 0.285 e. The lowest BCUT2D eigenvalue weighted by molar-refractivity contribution is -0.121. The minimum Gasteiger partial charge on any atom is -0.355 e. The number of unbranched alkanes of at least 4 members (excludes halogenated alkanes) is 1. The Hall–Kier alpha value is -1.93. The summed E-state index contributed by atoms with van der Waals surface area (Å²) in [7, 11) is -3.86. The third-order valence-electron chi connectivity index (χ3n) is 4.23. The summed E-state index contributed by atoms with van der Waals surface area (Å²) in [4.78, 5) is 13.8. The Morgan fingerprint density at radius 1 is 1.21 bits per heavy atom. The summed E-state index contributed by atoms with van der Waals surface area (Å²) in [6, 6.07) is 8.13. The van der Waals surface area contributed by atoms with Gasteiger partial charge in [-0.05, 0) is 30.9 Å². The molecule has 0 unspecified atom stereocenters. The number of nitrogens with zero attached hydrogens (tertiary/aromatic N) is 2. The Morgan fingerprint density at radius 3 is 2.43 bits per heavy atom. The van der Waals surface area contributed by atoms with Gasteiger partial charge in [-0.25, -0.2) is 0 Å². The molecule has 0 aliphatic rings. The number of aromatic nitrogens is 1. The van der Waals surface area contributed by atoms with Crippen LogP contribution < -0.4 is 10.1 Å². The van der Waals surface area contributed by atoms with Crippen molar-refractivity contribution < 1.29 is 13.2 Å². The monoisotopic (exact) mass is 423 g/mol. The fourth-order valence-corrected chi connectivity index (χ4v) is 5.20. The van der Waals surface area contributed by atoms with Gasteiger partial charge >= 0.3 is 0 Å². The summed E-state index contributed by atoms with van der Waals surface area (Å²) < 4.78 is 31.3. The molecule has 154 valence electrons. The first kappa shape index (κ1) is 22.4. The first-order valence-electron chi connectivity index (χ1n) is 9.39. The second-order valence-electron chi connectivity index (χ2n) is 7.72. The molecule has 1 aromatic carbocycles. The maximum atomic E-state index is 12.7. The number of nitrogens with one attached hydrogen (secondary N) is 1. The predicted molar refractivity (Wildman–Crippen MR) is 113 cm³/mol. The molecule has 2 rings (SSSR count). The molecule has 6 nitrogen and oxygen atoms in total. The number of hydrogen-bond donors (Lipinski definition) is 1. The first-order chi connectivity index (χ1) is 13.1. The third kappa shape index (κ3) is 5.54. The van der Waals surface area contributed by atoms with Crippen LogP contribution in [-0.2, 0) is 26.8 Å². The Balaban J connectivity index is 2.52. The highest BCUT2D eigenvalue weighted by Crippen LogP contribution is 2.28. The SMILES string of the molecule is CCCCNC(=O)Cn1c(C)c(C(C)(C)C)sc1=NS(=O)(=O)c1ccccc1. The summed E-state index contributed by atoms with van der Waals surface area (Å²) >= 11 is 1.32. The van der Waals surface area contributed by atoms with E-state index in [9.17, 15) is 13.2 Å². The van der Waals surface area contributed by atoms with Gasteiger partial charge in [0.15, 0.2) is 0 Å². The fourth-order valence-electron chi connectivity index (χ4n) is 2.79. The third-order valence-corrected chi connectivity index (χ3v) is 7.24. The molecule has 0 atom stereocenters. The van der Waals surface area contributed by atoms with Crippen molar-refractivity contribution in [1.29, 1.82) is 0 Å². The highest BCUT2D eigenvalue weighted by Gasteiger charge is 2.24. The summed E-state index contributed by atoms with van der Waals surface area (Å²) in [6.07, 6.45) is 1.90. The number of thiazole rings is 1. The van der Waals surface area contributed by atoms with Crippen molar-refractivity contribution in [3.63, 3.8) is 0 Å². The fraction of sp³-hybridized carbons (Fsp3) is 0.500. The maximum absolute atomic E-state index is 12.7. The molecule has 0 aliphatic heterocycles. The van der Waals surface area contributed by atoms with Gasteiger partial charge < -0.3 is 9.88 Å². The van der Waals surface area contributed by atoms with E-state index in [1.165, 1.54) is 23.5 Å². The number of carbonyl (C=O) groups is 1. The van der Waals surface area contributed by atoms with Gasteiger partial charge in [-0.3, -0.25) is 4.79 Å². The molecule has 1 N–H and O–H groups in total. The zero-order valence-corrected chi connectivity index (χ0v) is 18.8. The van der Waals surface area contributed by atoms with Gasteiger partial charge in [0.25, 0.3) is 10.0 Å². The Morgan fingerprint density at radius 2 is 1.86 bits per heavy atom. The number of rotatable bonds is 7. The van der Waals surface area contributed by atoms with E-state index in [0.717, 1.165) is 23.4 Å². The summed E-state index contributed by atoms with van der Waals surface area (Å²) in [5.41, 5.74) is 0.685. The van der Waals surface area contributed by atoms with Crippen LogP contribution in [0.3, 0.4) is 0 Å². The zero-order chi connectivity index (χ0) is 20.9. The van der Waals surface area contributed by atoms with Crippen LogP contribution in [0.5, 0.6) is 0 Å². The van der Waals surface area contributed by atoms with Crippen LogP contribution in [0.1, 0.15) is 51.1 Å². The van der Waals surface area contributed by atoms with Crippen molar-refractivity contribution in [3.05, 3.63) is 45.7 Å². The minimum absolute atomic E-state index is 0.0469. The highest BCUT2D eigenvalue weighted by molar-refractivity contribution is 7.90. The second-order valence-corrected chi connectivity index (χ2v) is 10.3. The van der Waals surface area contributed by atoms with Crippen molar-refractivity contribution >= 4 is 27.3 Å². The highest BCUT2D eigenvalue weighted by atomic mass is 32.2. The minimum atomic E-state index is -3.86. The number of benzene rings is 1. The van der Waals surface area contributed by atoms with E-state index in [2.05, 4.69) is 37.4 Å². The van der Waals surface area contributed by atoms with Gasteiger partial charge in [-0.2, -0.15) is 8.42 Å². The molecule has 2 aromatic rings. The number of amides is 1. The average molecular weight is 424 g/mol. The normalized spacial score (nSPS) is 13.0. The molecular weight excluding hydrogens is 394 g/mol. The molecule has 0 fully saturated rings. The molecule has 0 spiro atoms. The van der Waals surface area contributed by atoms with Gasteiger partial charge in [0.2, 0.25) is 10.7 Å². The van der Waals surface area contributed by atoms with Crippen molar-refractivity contribution in [2.24, 2.45) is 4.40 Å². The van der Waals surface area contributed by atoms with E-state index in [-0.39, 0.29) is 22.8 Å². The average Bonchev–Trinajstić information content (AvgIpc) is 2.92. The lowest BCUT2D eigenvalue weighted by Gasteiger charge is -2.17. The van der Waals surface area contributed by atoms with Crippen molar-refractivity contribution in [2.75, 3.05) is 6.54 Å². The van der Waals surface area contributed by atoms with Gasteiger partial charge in [0.1, 0.15) is 6.54 Å². The molecule has 1 heterocycles. The van der Waals surface area contributed by atoms with E-state index in [1.807, 2.05) is 6.92 Å². The van der Waals surface area contributed by atoms with Crippen LogP contribution in [0.2, 0.25) is 0 Å². The number of sulfonamides is 1. The van der Waals surface area contributed by atoms with E-state index in [4.69, 9.17) is 0 Å². The number of hydrogen-bond acceptors (Lipinski definition) is 4. The van der Waals surface area contributed by atoms with Crippen LogP contribution >= 0.6 is 11.3 Å². The quantitative estimate of drug-likeness (QED) is 0.694. The lowest BCUT2D eigenvalue weighted by Crippen LogP contribution is -2.32. The van der Waals surface area contributed by atoms with Gasteiger partial charge in [0.05, 0.1) is 4.90 Å². The summed E-state index contributed by atoms with van der Waals surface area (Å²) in [5, 5.41) is 2.88. The van der Waals surface area contributed by atoms with Crippen LogP contribution in [-0.4, -0.2) is 25.4 Å². The lowest BCUT2D eigenvalue weighted by atomic mass is 9.93. The zero-order valence-electron chi connectivity index (χ0n) is 17.2. The molecule has 0 aliphatic carbocycles. The predicted octanol–water partition coefficient (Wildman–Crippen LogP) is 3.36. The summed E-state index contributed by atoms with van der Waals surface area (Å²) in [6.45, 7) is 10.8. The topological polar surface area (TPSA) is 80.5 Å². The van der Waals surface area contributed by atoms with Gasteiger partial charge in [-0.15, -0.1) is 15.7 Å². The van der Waals surface area contributed by atoms with Crippen molar-refractivity contribution in [3.8, 4) is 0 Å². The van der Waals surface area contributed by atoms with Crippen LogP contribution in [0.25, 0.3) is 0 Å². The Labute approximate surface area is 171 Å².